The number of carbonyl (C=O) groups excluding carboxylic acids is 1. The van der Waals surface area contributed by atoms with E-state index in [9.17, 15) is 4.79 Å². The molecule has 1 aliphatic rings. The number of aromatic nitrogens is 3. The Morgan fingerprint density at radius 1 is 1.35 bits per heavy atom. The van der Waals surface area contributed by atoms with Gasteiger partial charge < -0.3 is 10.1 Å². The zero-order chi connectivity index (χ0) is 18.1. The molecule has 7 heteroatoms. The Morgan fingerprint density at radius 2 is 2.23 bits per heavy atom. The molecule has 1 saturated heterocycles. The molecule has 1 N–H and O–H groups in total. The number of carbonyl (C=O) groups is 1. The van der Waals surface area contributed by atoms with Crippen LogP contribution in [0.2, 0.25) is 0 Å². The smallest absolute Gasteiger partial charge is 0.229 e. The molecule has 3 aromatic rings. The van der Waals surface area contributed by atoms with Gasteiger partial charge in [0.2, 0.25) is 5.91 Å². The van der Waals surface area contributed by atoms with Crippen LogP contribution in [0.25, 0.3) is 21.3 Å². The van der Waals surface area contributed by atoms with Crippen molar-refractivity contribution in [2.75, 3.05) is 11.9 Å². The normalized spacial score (nSPS) is 19.4. The third-order valence-electron chi connectivity index (χ3n) is 4.60. The summed E-state index contributed by atoms with van der Waals surface area (Å²) in [4.78, 5) is 17.9. The summed E-state index contributed by atoms with van der Waals surface area (Å²) in [5.74, 6) is -0.0126. The standard InChI is InChI=1S/C19H20N4O2S/c1-19(2)10-14(6-8-25-19)17(24)22-18-20-11-16(26-18)13-3-4-15-12(9-13)5-7-21-23-15/h3-5,7,9,11,14H,6,8,10H2,1-2H3,(H,20,22,24). The summed E-state index contributed by atoms with van der Waals surface area (Å²) in [5, 5.41) is 12.6. The molecule has 3 heterocycles. The highest BCUT2D eigenvalue weighted by Crippen LogP contribution is 2.33. The van der Waals surface area contributed by atoms with Crippen molar-refractivity contribution in [3.63, 3.8) is 0 Å². The van der Waals surface area contributed by atoms with Gasteiger partial charge in [0.1, 0.15) is 0 Å². The van der Waals surface area contributed by atoms with E-state index in [-0.39, 0.29) is 17.4 Å². The van der Waals surface area contributed by atoms with E-state index < -0.39 is 0 Å². The summed E-state index contributed by atoms with van der Waals surface area (Å²) < 4.78 is 5.69. The first-order chi connectivity index (χ1) is 12.5. The van der Waals surface area contributed by atoms with Crippen LogP contribution in [0, 0.1) is 5.92 Å². The molecule has 0 radical (unpaired) electrons. The first-order valence-corrected chi connectivity index (χ1v) is 9.44. The van der Waals surface area contributed by atoms with Gasteiger partial charge in [-0.15, -0.1) is 0 Å². The summed E-state index contributed by atoms with van der Waals surface area (Å²) in [6, 6.07) is 7.93. The fourth-order valence-electron chi connectivity index (χ4n) is 3.27. The molecule has 134 valence electrons. The van der Waals surface area contributed by atoms with Gasteiger partial charge in [0.25, 0.3) is 0 Å². The van der Waals surface area contributed by atoms with Crippen LogP contribution >= 0.6 is 11.3 Å². The molecule has 6 nitrogen and oxygen atoms in total. The Balaban J connectivity index is 1.49. The average Bonchev–Trinajstić information content (AvgIpc) is 3.09. The molecule has 1 aromatic carbocycles. The number of thiazole rings is 1. The maximum atomic E-state index is 12.6. The molecule has 0 aliphatic carbocycles. The lowest BCUT2D eigenvalue weighted by Gasteiger charge is -2.34. The zero-order valence-electron chi connectivity index (χ0n) is 14.7. The van der Waals surface area contributed by atoms with Gasteiger partial charge in [-0.05, 0) is 50.5 Å². The van der Waals surface area contributed by atoms with Crippen molar-refractivity contribution in [1.29, 1.82) is 0 Å². The molecule has 1 aliphatic heterocycles. The minimum atomic E-state index is -0.248. The van der Waals surface area contributed by atoms with Gasteiger partial charge in [0.15, 0.2) is 5.13 Å². The van der Waals surface area contributed by atoms with E-state index >= 15 is 0 Å². The number of benzene rings is 1. The number of nitrogens with zero attached hydrogens (tertiary/aromatic N) is 3. The monoisotopic (exact) mass is 368 g/mol. The number of nitrogens with one attached hydrogen (secondary N) is 1. The van der Waals surface area contributed by atoms with Crippen molar-refractivity contribution in [3.8, 4) is 10.4 Å². The van der Waals surface area contributed by atoms with Crippen LogP contribution < -0.4 is 5.32 Å². The van der Waals surface area contributed by atoms with Gasteiger partial charge in [-0.1, -0.05) is 17.4 Å². The second-order valence-electron chi connectivity index (χ2n) is 7.12. The quantitative estimate of drug-likeness (QED) is 0.759. The third kappa shape index (κ3) is 3.59. The van der Waals surface area contributed by atoms with Gasteiger partial charge in [-0.3, -0.25) is 4.79 Å². The molecule has 1 unspecified atom stereocenters. The fraction of sp³-hybridized carbons (Fsp3) is 0.368. The molecule has 1 atom stereocenters. The predicted octanol–water partition coefficient (Wildman–Crippen LogP) is 3.90. The van der Waals surface area contributed by atoms with Crippen LogP contribution in [0.1, 0.15) is 26.7 Å². The molecule has 0 saturated carbocycles. The molecular formula is C19H20N4O2S. The van der Waals surface area contributed by atoms with Crippen LogP contribution in [0.3, 0.4) is 0 Å². The maximum absolute atomic E-state index is 12.6. The first-order valence-electron chi connectivity index (χ1n) is 8.63. The Kier molecular flexibility index (Phi) is 4.42. The first kappa shape index (κ1) is 17.1. The summed E-state index contributed by atoms with van der Waals surface area (Å²) in [5.41, 5.74) is 1.66. The van der Waals surface area contributed by atoms with E-state index in [4.69, 9.17) is 4.74 Å². The summed E-state index contributed by atoms with van der Waals surface area (Å²) in [7, 11) is 0. The Bertz CT molecular complexity index is 953. The van der Waals surface area contributed by atoms with Crippen LogP contribution in [-0.4, -0.2) is 33.3 Å². The van der Waals surface area contributed by atoms with Gasteiger partial charge in [-0.2, -0.15) is 10.2 Å². The molecule has 1 fully saturated rings. The van der Waals surface area contributed by atoms with Crippen LogP contribution in [-0.2, 0) is 9.53 Å². The number of anilines is 1. The zero-order valence-corrected chi connectivity index (χ0v) is 15.5. The van der Waals surface area contributed by atoms with Crippen LogP contribution in [0.15, 0.2) is 36.7 Å². The van der Waals surface area contributed by atoms with E-state index in [1.807, 2.05) is 32.0 Å². The van der Waals surface area contributed by atoms with E-state index in [1.54, 1.807) is 12.4 Å². The lowest BCUT2D eigenvalue weighted by atomic mass is 9.88. The van der Waals surface area contributed by atoms with Crippen molar-refractivity contribution in [3.05, 3.63) is 36.7 Å². The molecule has 1 amide bonds. The highest BCUT2D eigenvalue weighted by molar-refractivity contribution is 7.19. The second kappa shape index (κ2) is 6.74. The average molecular weight is 368 g/mol. The molecular weight excluding hydrogens is 348 g/mol. The fourth-order valence-corrected chi connectivity index (χ4v) is 4.09. The lowest BCUT2D eigenvalue weighted by molar-refractivity contribution is -0.130. The van der Waals surface area contributed by atoms with Gasteiger partial charge in [0, 0.05) is 24.1 Å². The van der Waals surface area contributed by atoms with Crippen LogP contribution in [0.4, 0.5) is 5.13 Å². The van der Waals surface area contributed by atoms with Crippen molar-refractivity contribution in [2.24, 2.45) is 5.92 Å². The molecule has 2 aromatic heterocycles. The van der Waals surface area contributed by atoms with Crippen LogP contribution in [0.5, 0.6) is 0 Å². The van der Waals surface area contributed by atoms with Gasteiger partial charge in [0.05, 0.1) is 22.2 Å². The molecule has 0 spiro atoms. The Morgan fingerprint density at radius 3 is 3.08 bits per heavy atom. The highest BCUT2D eigenvalue weighted by atomic mass is 32.1. The van der Waals surface area contributed by atoms with Crippen molar-refractivity contribution in [2.45, 2.75) is 32.3 Å². The molecule has 0 bridgehead atoms. The largest absolute Gasteiger partial charge is 0.376 e. The molecule has 26 heavy (non-hydrogen) atoms. The van der Waals surface area contributed by atoms with Gasteiger partial charge >= 0.3 is 0 Å². The number of amides is 1. The minimum absolute atomic E-state index is 0.0241. The number of hydrogen-bond acceptors (Lipinski definition) is 6. The Hall–Kier alpha value is -2.38. The number of hydrogen-bond donors (Lipinski definition) is 1. The number of fused-ring (bicyclic) bond motifs is 1. The van der Waals surface area contributed by atoms with E-state index in [2.05, 4.69) is 26.6 Å². The van der Waals surface area contributed by atoms with Crippen molar-refractivity contribution >= 4 is 33.3 Å². The third-order valence-corrected chi connectivity index (χ3v) is 5.56. The predicted molar refractivity (Wildman–Crippen MR) is 102 cm³/mol. The van der Waals surface area contributed by atoms with E-state index in [0.29, 0.717) is 11.7 Å². The Labute approximate surface area is 155 Å². The summed E-state index contributed by atoms with van der Waals surface area (Å²) in [6.07, 6.45) is 4.95. The minimum Gasteiger partial charge on any atom is -0.376 e. The number of rotatable bonds is 3. The topological polar surface area (TPSA) is 77.0 Å². The van der Waals surface area contributed by atoms with Crippen molar-refractivity contribution < 1.29 is 9.53 Å². The summed E-state index contributed by atoms with van der Waals surface area (Å²) >= 11 is 1.48. The molecule has 4 rings (SSSR count). The second-order valence-corrected chi connectivity index (χ2v) is 8.15. The lowest BCUT2D eigenvalue weighted by Crippen LogP contribution is -2.39. The van der Waals surface area contributed by atoms with Gasteiger partial charge in [-0.25, -0.2) is 4.98 Å². The maximum Gasteiger partial charge on any atom is 0.229 e. The SMILES string of the molecule is CC1(C)CC(C(=O)Nc2ncc(-c3ccc4nnccc4c3)s2)CCO1. The highest BCUT2D eigenvalue weighted by Gasteiger charge is 2.33. The number of ether oxygens (including phenoxy) is 1. The van der Waals surface area contributed by atoms with E-state index in [1.165, 1.54) is 11.3 Å². The summed E-state index contributed by atoms with van der Waals surface area (Å²) in [6.45, 7) is 4.67. The van der Waals surface area contributed by atoms with E-state index in [0.717, 1.165) is 34.2 Å². The van der Waals surface area contributed by atoms with Crippen molar-refractivity contribution in [1.82, 2.24) is 15.2 Å².